The van der Waals surface area contributed by atoms with Gasteiger partial charge in [0.2, 0.25) is 0 Å². The highest BCUT2D eigenvalue weighted by atomic mass is 16.5. The molecule has 0 N–H and O–H groups in total. The van der Waals surface area contributed by atoms with Crippen molar-refractivity contribution in [3.05, 3.63) is 90.0 Å². The monoisotopic (exact) mass is 316 g/mol. The van der Waals surface area contributed by atoms with Crippen molar-refractivity contribution in [1.29, 1.82) is 0 Å². The van der Waals surface area contributed by atoms with Gasteiger partial charge in [-0.2, -0.15) is 0 Å². The van der Waals surface area contributed by atoms with Gasteiger partial charge in [0.05, 0.1) is 14.2 Å². The van der Waals surface area contributed by atoms with E-state index in [-0.39, 0.29) is 0 Å². The second kappa shape index (κ2) is 7.51. The molecule has 0 heterocycles. The Morgan fingerprint density at radius 1 is 0.750 bits per heavy atom. The van der Waals surface area contributed by atoms with E-state index in [1.807, 2.05) is 60.7 Å². The van der Waals surface area contributed by atoms with E-state index in [9.17, 15) is 0 Å². The lowest BCUT2D eigenvalue weighted by atomic mass is 9.97. The van der Waals surface area contributed by atoms with E-state index in [1.165, 1.54) is 0 Å². The van der Waals surface area contributed by atoms with Crippen molar-refractivity contribution >= 4 is 11.8 Å². The summed E-state index contributed by atoms with van der Waals surface area (Å²) in [5, 5.41) is 0. The van der Waals surface area contributed by atoms with Gasteiger partial charge < -0.3 is 9.47 Å². The van der Waals surface area contributed by atoms with Crippen LogP contribution in [0, 0.1) is 0 Å². The Hall–Kier alpha value is -3.00. The summed E-state index contributed by atoms with van der Waals surface area (Å²) in [6, 6.07) is 26.5. The lowest BCUT2D eigenvalue weighted by molar-refractivity contribution is 0.372. The van der Waals surface area contributed by atoms with E-state index < -0.39 is 0 Å². The van der Waals surface area contributed by atoms with Gasteiger partial charge in [0, 0.05) is 11.1 Å². The lowest BCUT2D eigenvalue weighted by Crippen LogP contribution is -1.93. The molecule has 0 aromatic heterocycles. The highest BCUT2D eigenvalue weighted by Gasteiger charge is 2.10. The molecule has 3 aromatic rings. The molecule has 0 unspecified atom stereocenters. The minimum Gasteiger partial charge on any atom is -0.496 e. The van der Waals surface area contributed by atoms with Gasteiger partial charge >= 0.3 is 0 Å². The molecule has 0 radical (unpaired) electrons. The van der Waals surface area contributed by atoms with Crippen LogP contribution >= 0.6 is 0 Å². The van der Waals surface area contributed by atoms with Gasteiger partial charge in [0.25, 0.3) is 0 Å². The molecular formula is C22H20O2. The van der Waals surface area contributed by atoms with Crippen LogP contribution in [0.1, 0.15) is 11.1 Å². The molecule has 0 saturated carbocycles. The molecule has 24 heavy (non-hydrogen) atoms. The first-order valence-electron chi connectivity index (χ1n) is 7.87. The van der Waals surface area contributed by atoms with E-state index in [0.29, 0.717) is 0 Å². The summed E-state index contributed by atoms with van der Waals surface area (Å²) in [4.78, 5) is 0. The van der Waals surface area contributed by atoms with Gasteiger partial charge in [0.15, 0.2) is 0 Å². The second-order valence-electron chi connectivity index (χ2n) is 5.37. The van der Waals surface area contributed by atoms with E-state index in [4.69, 9.17) is 9.47 Å². The second-order valence-corrected chi connectivity index (χ2v) is 5.37. The molecule has 0 aliphatic carbocycles. The average Bonchev–Trinajstić information content (AvgIpc) is 2.67. The Morgan fingerprint density at radius 3 is 2.17 bits per heavy atom. The zero-order valence-electron chi connectivity index (χ0n) is 13.9. The fourth-order valence-corrected chi connectivity index (χ4v) is 2.74. The Morgan fingerprint density at radius 2 is 1.42 bits per heavy atom. The van der Waals surface area contributed by atoms with E-state index in [0.717, 1.165) is 33.8 Å². The van der Waals surface area contributed by atoms with Crippen LogP contribution in [0.4, 0.5) is 0 Å². The molecule has 0 spiro atoms. The quantitative estimate of drug-likeness (QED) is 0.456. The van der Waals surface area contributed by atoms with Crippen LogP contribution in [0.3, 0.4) is 0 Å². The van der Waals surface area contributed by atoms with Crippen LogP contribution in [0.2, 0.25) is 0 Å². The molecule has 0 amide bonds. The molecule has 2 nitrogen and oxygen atoms in total. The van der Waals surface area contributed by atoms with Gasteiger partial charge in [-0.15, -0.1) is 0 Å². The number of ether oxygens (including phenoxy) is 2. The minimum atomic E-state index is 0.805. The number of rotatable bonds is 5. The van der Waals surface area contributed by atoms with E-state index in [1.54, 1.807) is 14.2 Å². The van der Waals surface area contributed by atoms with Gasteiger partial charge in [0.1, 0.15) is 11.5 Å². The number of para-hydroxylation sites is 1. The van der Waals surface area contributed by atoms with Gasteiger partial charge in [-0.05, 0) is 23.3 Å². The lowest BCUT2D eigenvalue weighted by Gasteiger charge is -2.13. The van der Waals surface area contributed by atoms with Crippen molar-refractivity contribution < 1.29 is 9.47 Å². The van der Waals surface area contributed by atoms with Crippen LogP contribution in [0.25, 0.3) is 23.0 Å². The topological polar surface area (TPSA) is 18.5 Å². The fourth-order valence-electron chi connectivity index (χ4n) is 2.74. The largest absolute Gasteiger partial charge is 0.496 e. The molecule has 0 aliphatic rings. The van der Waals surface area contributed by atoms with Crippen LogP contribution < -0.4 is 4.74 Å². The smallest absolute Gasteiger partial charge is 0.127 e. The number of methoxy groups -OCH3 is 2. The first kappa shape index (κ1) is 15.9. The van der Waals surface area contributed by atoms with Crippen LogP contribution in [0.15, 0.2) is 78.9 Å². The highest BCUT2D eigenvalue weighted by Crippen LogP contribution is 2.31. The third kappa shape index (κ3) is 3.33. The van der Waals surface area contributed by atoms with Gasteiger partial charge in [-0.1, -0.05) is 72.8 Å². The average molecular weight is 316 g/mol. The molecule has 0 aliphatic heterocycles. The summed E-state index contributed by atoms with van der Waals surface area (Å²) in [6.07, 6.45) is 2.01. The maximum absolute atomic E-state index is 5.71. The minimum absolute atomic E-state index is 0.805. The Balaban J connectivity index is 2.11. The summed E-state index contributed by atoms with van der Waals surface area (Å²) in [5.41, 5.74) is 4.34. The van der Waals surface area contributed by atoms with Crippen LogP contribution in [0.5, 0.6) is 5.75 Å². The first-order chi connectivity index (χ1) is 11.8. The number of hydrogen-bond donors (Lipinski definition) is 0. The molecule has 3 aromatic carbocycles. The Labute approximate surface area is 143 Å². The third-order valence-electron chi connectivity index (χ3n) is 3.92. The van der Waals surface area contributed by atoms with E-state index >= 15 is 0 Å². The molecule has 0 bridgehead atoms. The van der Waals surface area contributed by atoms with Crippen molar-refractivity contribution in [1.82, 2.24) is 0 Å². The van der Waals surface area contributed by atoms with Gasteiger partial charge in [-0.25, -0.2) is 0 Å². The zero-order chi connectivity index (χ0) is 16.8. The van der Waals surface area contributed by atoms with Crippen LogP contribution in [-0.2, 0) is 4.74 Å². The molecule has 0 saturated heterocycles. The first-order valence-corrected chi connectivity index (χ1v) is 7.87. The number of benzene rings is 3. The summed E-state index contributed by atoms with van der Waals surface area (Å²) in [5.74, 6) is 1.63. The number of hydrogen-bond acceptors (Lipinski definition) is 2. The maximum Gasteiger partial charge on any atom is 0.127 e. The highest BCUT2D eigenvalue weighted by molar-refractivity contribution is 5.87. The summed E-state index contributed by atoms with van der Waals surface area (Å²) in [6.45, 7) is 0. The normalized spacial score (nSPS) is 11.2. The predicted molar refractivity (Wildman–Crippen MR) is 99.8 cm³/mol. The predicted octanol–water partition coefficient (Wildman–Crippen LogP) is 5.51. The molecule has 120 valence electrons. The molecule has 2 heteroatoms. The van der Waals surface area contributed by atoms with Crippen molar-refractivity contribution in [2.24, 2.45) is 0 Å². The molecule has 3 rings (SSSR count). The van der Waals surface area contributed by atoms with Crippen molar-refractivity contribution in [2.45, 2.75) is 0 Å². The van der Waals surface area contributed by atoms with Crippen molar-refractivity contribution in [3.63, 3.8) is 0 Å². The van der Waals surface area contributed by atoms with Crippen molar-refractivity contribution in [3.8, 4) is 16.9 Å². The van der Waals surface area contributed by atoms with Gasteiger partial charge in [-0.3, -0.25) is 0 Å². The molecule has 0 atom stereocenters. The van der Waals surface area contributed by atoms with Crippen LogP contribution in [-0.4, -0.2) is 14.2 Å². The Kier molecular flexibility index (Phi) is 4.97. The SMILES string of the molecule is COC(=Cc1ccccc1OC)c1ccccc1-c1ccccc1. The summed E-state index contributed by atoms with van der Waals surface area (Å²) >= 11 is 0. The van der Waals surface area contributed by atoms with E-state index in [2.05, 4.69) is 24.3 Å². The third-order valence-corrected chi connectivity index (χ3v) is 3.92. The van der Waals surface area contributed by atoms with Crippen molar-refractivity contribution in [2.75, 3.05) is 14.2 Å². The standard InChI is InChI=1S/C22H20O2/c1-23-21-15-9-6-12-18(21)16-22(24-2)20-14-8-7-13-19(20)17-10-4-3-5-11-17/h3-16H,1-2H3. The summed E-state index contributed by atoms with van der Waals surface area (Å²) < 4.78 is 11.1. The summed E-state index contributed by atoms with van der Waals surface area (Å²) in [7, 11) is 3.38. The zero-order valence-corrected chi connectivity index (χ0v) is 13.9. The molecular weight excluding hydrogens is 296 g/mol. The maximum atomic E-state index is 5.71. The Bertz CT molecular complexity index is 835. The molecule has 0 fully saturated rings. The fraction of sp³-hybridized carbons (Fsp3) is 0.0909.